The number of rotatable bonds is 10. The van der Waals surface area contributed by atoms with Crippen molar-refractivity contribution in [2.45, 2.75) is 72.4 Å². The van der Waals surface area contributed by atoms with Crippen molar-refractivity contribution in [2.24, 2.45) is 5.92 Å². The zero-order valence-corrected chi connectivity index (χ0v) is 13.0. The van der Waals surface area contributed by atoms with Gasteiger partial charge in [0.2, 0.25) is 0 Å². The van der Waals surface area contributed by atoms with Gasteiger partial charge in [0.25, 0.3) is 0 Å². The van der Waals surface area contributed by atoms with Crippen LogP contribution in [0.3, 0.4) is 0 Å². The molecule has 108 valence electrons. The minimum absolute atomic E-state index is 0.0324. The number of carbonyl (C=O) groups is 1. The number of Topliss-reactive ketones (excluding diaryl/α,β-unsaturated/α-hetero) is 1. The minimum atomic E-state index is -0.0595. The van der Waals surface area contributed by atoms with Crippen molar-refractivity contribution >= 4 is 5.78 Å². The number of hydrogen-bond donors (Lipinski definition) is 1. The molecular formula is C15H31NO2. The molecule has 3 nitrogen and oxygen atoms in total. The maximum Gasteiger partial charge on any atom is 0.146 e. The molecule has 0 aliphatic carbocycles. The van der Waals surface area contributed by atoms with Crippen molar-refractivity contribution in [3.8, 4) is 0 Å². The standard InChI is InChI=1S/C15H31NO2/c1-12(2)8-11-18-15(5,6)9-7-10-16-13(3)14(4)17/h12-13,16H,7-11H2,1-6H3/t13-/m0/s1. The quantitative estimate of drug-likeness (QED) is 0.611. The van der Waals surface area contributed by atoms with Crippen molar-refractivity contribution in [1.82, 2.24) is 5.32 Å². The van der Waals surface area contributed by atoms with Crippen LogP contribution in [0, 0.1) is 5.92 Å². The van der Waals surface area contributed by atoms with Crippen molar-refractivity contribution in [1.29, 1.82) is 0 Å². The monoisotopic (exact) mass is 257 g/mol. The first-order valence-corrected chi connectivity index (χ1v) is 7.12. The van der Waals surface area contributed by atoms with Crippen molar-refractivity contribution in [3.63, 3.8) is 0 Å². The van der Waals surface area contributed by atoms with Gasteiger partial charge in [0, 0.05) is 6.61 Å². The van der Waals surface area contributed by atoms with Crippen LogP contribution in [0.25, 0.3) is 0 Å². The molecule has 0 heterocycles. The molecule has 0 bridgehead atoms. The molecule has 0 fully saturated rings. The average molecular weight is 257 g/mol. The third-order valence-corrected chi connectivity index (χ3v) is 3.20. The fourth-order valence-corrected chi connectivity index (χ4v) is 1.62. The van der Waals surface area contributed by atoms with Gasteiger partial charge in [-0.1, -0.05) is 13.8 Å². The highest BCUT2D eigenvalue weighted by molar-refractivity contribution is 5.80. The van der Waals surface area contributed by atoms with E-state index in [-0.39, 0.29) is 17.4 Å². The molecule has 0 aliphatic heterocycles. The maximum absolute atomic E-state index is 11.1. The smallest absolute Gasteiger partial charge is 0.146 e. The summed E-state index contributed by atoms with van der Waals surface area (Å²) in [6.07, 6.45) is 3.16. The van der Waals surface area contributed by atoms with Crippen molar-refractivity contribution in [3.05, 3.63) is 0 Å². The Labute approximate surface area is 113 Å². The molecule has 0 saturated carbocycles. The van der Waals surface area contributed by atoms with Gasteiger partial charge in [-0.2, -0.15) is 0 Å². The van der Waals surface area contributed by atoms with Gasteiger partial charge >= 0.3 is 0 Å². The molecule has 0 amide bonds. The highest BCUT2D eigenvalue weighted by Gasteiger charge is 2.18. The molecule has 0 radical (unpaired) electrons. The van der Waals surface area contributed by atoms with Gasteiger partial charge in [-0.05, 0) is 59.4 Å². The van der Waals surface area contributed by atoms with Crippen LogP contribution in [0.15, 0.2) is 0 Å². The molecule has 0 rings (SSSR count). The zero-order chi connectivity index (χ0) is 14.2. The third kappa shape index (κ3) is 9.60. The molecule has 0 aromatic carbocycles. The van der Waals surface area contributed by atoms with E-state index in [2.05, 4.69) is 33.0 Å². The molecule has 0 unspecified atom stereocenters. The van der Waals surface area contributed by atoms with Gasteiger partial charge < -0.3 is 10.1 Å². The van der Waals surface area contributed by atoms with E-state index >= 15 is 0 Å². The summed E-state index contributed by atoms with van der Waals surface area (Å²) in [6, 6.07) is -0.0324. The van der Waals surface area contributed by atoms with Crippen molar-refractivity contribution < 1.29 is 9.53 Å². The summed E-state index contributed by atoms with van der Waals surface area (Å²) in [4.78, 5) is 11.1. The molecule has 0 aromatic rings. The summed E-state index contributed by atoms with van der Waals surface area (Å²) in [7, 11) is 0. The number of hydrogen-bond acceptors (Lipinski definition) is 3. The van der Waals surface area contributed by atoms with Crippen LogP contribution < -0.4 is 5.32 Å². The Bertz CT molecular complexity index is 237. The lowest BCUT2D eigenvalue weighted by Crippen LogP contribution is -2.34. The molecule has 3 heteroatoms. The van der Waals surface area contributed by atoms with Crippen LogP contribution >= 0.6 is 0 Å². The number of ether oxygens (including phenoxy) is 1. The van der Waals surface area contributed by atoms with Crippen LogP contribution in [0.5, 0.6) is 0 Å². The normalized spacial score (nSPS) is 13.9. The van der Waals surface area contributed by atoms with E-state index in [9.17, 15) is 4.79 Å². The molecular weight excluding hydrogens is 226 g/mol. The Hall–Kier alpha value is -0.410. The van der Waals surface area contributed by atoms with Crippen LogP contribution in [0.2, 0.25) is 0 Å². The molecule has 0 spiro atoms. The molecule has 18 heavy (non-hydrogen) atoms. The van der Waals surface area contributed by atoms with Crippen molar-refractivity contribution in [2.75, 3.05) is 13.2 Å². The number of carbonyl (C=O) groups excluding carboxylic acids is 1. The van der Waals surface area contributed by atoms with Crippen LogP contribution in [-0.2, 0) is 9.53 Å². The second-order valence-electron chi connectivity index (χ2n) is 6.18. The molecule has 0 saturated heterocycles. The van der Waals surface area contributed by atoms with E-state index in [1.54, 1.807) is 6.92 Å². The molecule has 1 atom stereocenters. The highest BCUT2D eigenvalue weighted by Crippen LogP contribution is 2.17. The van der Waals surface area contributed by atoms with E-state index in [4.69, 9.17) is 4.74 Å². The van der Waals surface area contributed by atoms with Gasteiger partial charge in [0.15, 0.2) is 0 Å². The van der Waals surface area contributed by atoms with E-state index in [1.807, 2.05) is 6.92 Å². The van der Waals surface area contributed by atoms with Gasteiger partial charge in [-0.3, -0.25) is 4.79 Å². The Kier molecular flexibility index (Phi) is 8.45. The Morgan fingerprint density at radius 2 is 1.89 bits per heavy atom. The summed E-state index contributed by atoms with van der Waals surface area (Å²) in [6.45, 7) is 13.9. The fraction of sp³-hybridized carbons (Fsp3) is 0.933. The second-order valence-corrected chi connectivity index (χ2v) is 6.18. The first-order chi connectivity index (χ1) is 8.24. The summed E-state index contributed by atoms with van der Waals surface area (Å²) in [5.41, 5.74) is -0.0595. The van der Waals surface area contributed by atoms with E-state index in [1.165, 1.54) is 0 Å². The first kappa shape index (κ1) is 17.6. The SMILES string of the molecule is CC(=O)[C@H](C)NCCCC(C)(C)OCCC(C)C. The minimum Gasteiger partial charge on any atom is -0.376 e. The summed E-state index contributed by atoms with van der Waals surface area (Å²) >= 11 is 0. The van der Waals surface area contributed by atoms with E-state index < -0.39 is 0 Å². The summed E-state index contributed by atoms with van der Waals surface area (Å²) < 4.78 is 5.90. The Morgan fingerprint density at radius 3 is 2.39 bits per heavy atom. The van der Waals surface area contributed by atoms with E-state index in [0.29, 0.717) is 5.92 Å². The summed E-state index contributed by atoms with van der Waals surface area (Å²) in [5.74, 6) is 0.890. The first-order valence-electron chi connectivity index (χ1n) is 7.12. The number of ketones is 1. The lowest BCUT2D eigenvalue weighted by Gasteiger charge is -2.26. The molecule has 0 aromatic heterocycles. The van der Waals surface area contributed by atoms with Gasteiger partial charge in [0.05, 0.1) is 11.6 Å². The Balaban J connectivity index is 3.66. The predicted octanol–water partition coefficient (Wildman–Crippen LogP) is 3.18. The second kappa shape index (κ2) is 8.65. The molecule has 1 N–H and O–H groups in total. The lowest BCUT2D eigenvalue weighted by atomic mass is 10.0. The molecule has 0 aliphatic rings. The fourth-order valence-electron chi connectivity index (χ4n) is 1.62. The highest BCUT2D eigenvalue weighted by atomic mass is 16.5. The Morgan fingerprint density at radius 1 is 1.28 bits per heavy atom. The average Bonchev–Trinajstić information content (AvgIpc) is 2.23. The number of nitrogens with one attached hydrogen (secondary N) is 1. The predicted molar refractivity (Wildman–Crippen MR) is 76.9 cm³/mol. The maximum atomic E-state index is 11.1. The van der Waals surface area contributed by atoms with Crippen LogP contribution in [0.4, 0.5) is 0 Å². The third-order valence-electron chi connectivity index (χ3n) is 3.20. The zero-order valence-electron chi connectivity index (χ0n) is 13.0. The van der Waals surface area contributed by atoms with Gasteiger partial charge in [-0.25, -0.2) is 0 Å². The van der Waals surface area contributed by atoms with Gasteiger partial charge in [0.1, 0.15) is 5.78 Å². The van der Waals surface area contributed by atoms with E-state index in [0.717, 1.165) is 32.4 Å². The summed E-state index contributed by atoms with van der Waals surface area (Å²) in [5, 5.41) is 3.22. The van der Waals surface area contributed by atoms with Gasteiger partial charge in [-0.15, -0.1) is 0 Å². The topological polar surface area (TPSA) is 38.3 Å². The lowest BCUT2D eigenvalue weighted by molar-refractivity contribution is -0.118. The van der Waals surface area contributed by atoms with Crippen LogP contribution in [-0.4, -0.2) is 30.6 Å². The largest absolute Gasteiger partial charge is 0.376 e. The van der Waals surface area contributed by atoms with Crippen LogP contribution in [0.1, 0.15) is 60.8 Å².